The number of benzene rings is 1. The molecule has 0 bridgehead atoms. The van der Waals surface area contributed by atoms with Crippen molar-refractivity contribution in [2.45, 2.75) is 32.6 Å². The number of aryl methyl sites for hydroxylation is 1. The molecule has 25 heavy (non-hydrogen) atoms. The number of carbonyl (C=O) groups is 1. The van der Waals surface area contributed by atoms with E-state index in [1.807, 2.05) is 6.92 Å². The molecule has 0 saturated carbocycles. The second-order valence-electron chi connectivity index (χ2n) is 6.74. The van der Waals surface area contributed by atoms with Crippen LogP contribution in [0, 0.1) is 6.92 Å². The average molecular weight is 368 g/mol. The Bertz CT molecular complexity index is 698. The molecule has 0 atom stereocenters. The minimum atomic E-state index is -3.36. The highest BCUT2D eigenvalue weighted by molar-refractivity contribution is 7.92. The lowest BCUT2D eigenvalue weighted by Crippen LogP contribution is -2.33. The standard InChI is InChI=1S/C18H29N3O3S/c1-15-8-9-16(14-17(15)20(2)25(3,23)24)18(22)19-10-7-13-21-11-5-4-6-12-21/h8-9,14H,4-7,10-13H2,1-3H3,(H,19,22). The maximum Gasteiger partial charge on any atom is 0.251 e. The van der Waals surface area contributed by atoms with Crippen molar-refractivity contribution in [3.8, 4) is 0 Å². The molecule has 1 aliphatic rings. The average Bonchev–Trinajstić information content (AvgIpc) is 2.58. The number of rotatable bonds is 7. The number of nitrogens with one attached hydrogen (secondary N) is 1. The molecule has 140 valence electrons. The lowest BCUT2D eigenvalue weighted by molar-refractivity contribution is 0.0951. The van der Waals surface area contributed by atoms with Crippen molar-refractivity contribution in [1.29, 1.82) is 0 Å². The van der Waals surface area contributed by atoms with E-state index >= 15 is 0 Å². The lowest BCUT2D eigenvalue weighted by atomic mass is 10.1. The van der Waals surface area contributed by atoms with Crippen molar-refractivity contribution in [2.24, 2.45) is 0 Å². The van der Waals surface area contributed by atoms with Gasteiger partial charge in [0.05, 0.1) is 11.9 Å². The first kappa shape index (κ1) is 19.7. The summed E-state index contributed by atoms with van der Waals surface area (Å²) in [6.45, 7) is 5.79. The second kappa shape index (κ2) is 8.67. The molecule has 2 rings (SSSR count). The number of likely N-dealkylation sites (tertiary alicyclic amines) is 1. The van der Waals surface area contributed by atoms with Gasteiger partial charge >= 0.3 is 0 Å². The summed E-state index contributed by atoms with van der Waals surface area (Å²) < 4.78 is 24.7. The van der Waals surface area contributed by atoms with Crippen molar-refractivity contribution in [1.82, 2.24) is 10.2 Å². The van der Waals surface area contributed by atoms with E-state index in [0.29, 0.717) is 17.8 Å². The summed E-state index contributed by atoms with van der Waals surface area (Å²) in [5.41, 5.74) is 1.83. The number of hydrogen-bond acceptors (Lipinski definition) is 4. The van der Waals surface area contributed by atoms with E-state index in [9.17, 15) is 13.2 Å². The van der Waals surface area contributed by atoms with Crippen LogP contribution in [0.4, 0.5) is 5.69 Å². The molecule has 6 nitrogen and oxygen atoms in total. The molecule has 1 amide bonds. The second-order valence-corrected chi connectivity index (χ2v) is 8.76. The monoisotopic (exact) mass is 367 g/mol. The van der Waals surface area contributed by atoms with Gasteiger partial charge in [0.2, 0.25) is 10.0 Å². The highest BCUT2D eigenvalue weighted by atomic mass is 32.2. The van der Waals surface area contributed by atoms with Gasteiger partial charge in [0, 0.05) is 19.2 Å². The topological polar surface area (TPSA) is 69.7 Å². The molecule has 1 N–H and O–H groups in total. The van der Waals surface area contributed by atoms with Crippen LogP contribution in [0.5, 0.6) is 0 Å². The van der Waals surface area contributed by atoms with Gasteiger partial charge in [-0.25, -0.2) is 8.42 Å². The number of piperidine rings is 1. The van der Waals surface area contributed by atoms with Gasteiger partial charge in [-0.2, -0.15) is 0 Å². The Balaban J connectivity index is 1.90. The molecular formula is C18H29N3O3S. The summed E-state index contributed by atoms with van der Waals surface area (Å²) in [6.07, 6.45) is 5.94. The quantitative estimate of drug-likeness (QED) is 0.749. The van der Waals surface area contributed by atoms with Gasteiger partial charge in [-0.15, -0.1) is 0 Å². The molecule has 0 radical (unpaired) electrons. The van der Waals surface area contributed by atoms with Crippen molar-refractivity contribution in [3.05, 3.63) is 29.3 Å². The molecule has 1 heterocycles. The maximum absolute atomic E-state index is 12.3. The summed E-state index contributed by atoms with van der Waals surface area (Å²) in [6, 6.07) is 5.14. The van der Waals surface area contributed by atoms with Crippen LogP contribution in [-0.4, -0.2) is 58.7 Å². The Hall–Kier alpha value is -1.60. The summed E-state index contributed by atoms with van der Waals surface area (Å²) >= 11 is 0. The van der Waals surface area contributed by atoms with E-state index in [1.54, 1.807) is 18.2 Å². The maximum atomic E-state index is 12.3. The van der Waals surface area contributed by atoms with Crippen LogP contribution >= 0.6 is 0 Å². The fourth-order valence-corrected chi connectivity index (χ4v) is 3.61. The van der Waals surface area contributed by atoms with E-state index in [4.69, 9.17) is 0 Å². The van der Waals surface area contributed by atoms with Crippen LogP contribution in [0.3, 0.4) is 0 Å². The minimum absolute atomic E-state index is 0.165. The normalized spacial score (nSPS) is 15.8. The third-order valence-corrected chi connectivity index (χ3v) is 5.89. The summed E-state index contributed by atoms with van der Waals surface area (Å²) in [5.74, 6) is -0.165. The number of nitrogens with zero attached hydrogens (tertiary/aromatic N) is 2. The van der Waals surface area contributed by atoms with Crippen LogP contribution in [0.2, 0.25) is 0 Å². The first-order valence-corrected chi connectivity index (χ1v) is 10.7. The molecule has 1 aliphatic heterocycles. The highest BCUT2D eigenvalue weighted by Crippen LogP contribution is 2.22. The van der Waals surface area contributed by atoms with Crippen molar-refractivity contribution in [2.75, 3.05) is 43.8 Å². The van der Waals surface area contributed by atoms with Crippen LogP contribution in [0.25, 0.3) is 0 Å². The van der Waals surface area contributed by atoms with Crippen LogP contribution < -0.4 is 9.62 Å². The van der Waals surface area contributed by atoms with E-state index in [-0.39, 0.29) is 5.91 Å². The van der Waals surface area contributed by atoms with Crippen LogP contribution in [0.1, 0.15) is 41.6 Å². The molecule has 1 aromatic rings. The number of sulfonamides is 1. The number of carbonyl (C=O) groups excluding carboxylic acids is 1. The third-order valence-electron chi connectivity index (χ3n) is 4.69. The predicted molar refractivity (Wildman–Crippen MR) is 102 cm³/mol. The van der Waals surface area contributed by atoms with Crippen LogP contribution in [0.15, 0.2) is 18.2 Å². The minimum Gasteiger partial charge on any atom is -0.352 e. The van der Waals surface area contributed by atoms with Gasteiger partial charge in [-0.05, 0) is 63.5 Å². The van der Waals surface area contributed by atoms with E-state index in [2.05, 4.69) is 10.2 Å². The molecule has 1 fully saturated rings. The molecule has 0 aliphatic carbocycles. The zero-order valence-electron chi connectivity index (χ0n) is 15.4. The first-order chi connectivity index (χ1) is 11.8. The summed E-state index contributed by atoms with van der Waals surface area (Å²) in [5, 5.41) is 2.93. The van der Waals surface area contributed by atoms with E-state index in [1.165, 1.54) is 30.6 Å². The van der Waals surface area contributed by atoms with E-state index in [0.717, 1.165) is 37.9 Å². The Morgan fingerprint density at radius 1 is 1.24 bits per heavy atom. The smallest absolute Gasteiger partial charge is 0.251 e. The van der Waals surface area contributed by atoms with Gasteiger partial charge in [-0.1, -0.05) is 12.5 Å². The van der Waals surface area contributed by atoms with Gasteiger partial charge in [0.15, 0.2) is 0 Å². The van der Waals surface area contributed by atoms with Crippen molar-refractivity contribution >= 4 is 21.6 Å². The number of amides is 1. The lowest BCUT2D eigenvalue weighted by Gasteiger charge is -2.26. The molecule has 1 aromatic carbocycles. The fourth-order valence-electron chi connectivity index (χ4n) is 3.06. The van der Waals surface area contributed by atoms with Gasteiger partial charge in [0.25, 0.3) is 5.91 Å². The summed E-state index contributed by atoms with van der Waals surface area (Å²) in [4.78, 5) is 14.8. The van der Waals surface area contributed by atoms with Gasteiger partial charge in [-0.3, -0.25) is 9.10 Å². The Morgan fingerprint density at radius 3 is 2.56 bits per heavy atom. The highest BCUT2D eigenvalue weighted by Gasteiger charge is 2.16. The Labute approximate surface area is 151 Å². The van der Waals surface area contributed by atoms with Crippen molar-refractivity contribution in [3.63, 3.8) is 0 Å². The SMILES string of the molecule is Cc1ccc(C(=O)NCCCN2CCCCC2)cc1N(C)S(C)(=O)=O. The van der Waals surface area contributed by atoms with Gasteiger partial charge in [0.1, 0.15) is 0 Å². The predicted octanol–water partition coefficient (Wildman–Crippen LogP) is 2.00. The van der Waals surface area contributed by atoms with E-state index < -0.39 is 10.0 Å². The third kappa shape index (κ3) is 5.71. The zero-order valence-corrected chi connectivity index (χ0v) is 16.2. The van der Waals surface area contributed by atoms with Crippen LogP contribution in [-0.2, 0) is 10.0 Å². The van der Waals surface area contributed by atoms with Crippen molar-refractivity contribution < 1.29 is 13.2 Å². The Morgan fingerprint density at radius 2 is 1.92 bits per heavy atom. The summed E-state index contributed by atoms with van der Waals surface area (Å²) in [7, 11) is -1.86. The molecule has 1 saturated heterocycles. The molecule has 0 unspecified atom stereocenters. The largest absolute Gasteiger partial charge is 0.352 e. The molecule has 0 aromatic heterocycles. The first-order valence-electron chi connectivity index (χ1n) is 8.84. The number of anilines is 1. The fraction of sp³-hybridized carbons (Fsp3) is 0.611. The molecule has 0 spiro atoms. The molecule has 7 heteroatoms. The number of hydrogen-bond donors (Lipinski definition) is 1. The zero-order chi connectivity index (χ0) is 18.4. The molecular weight excluding hydrogens is 338 g/mol. The Kier molecular flexibility index (Phi) is 6.84. The van der Waals surface area contributed by atoms with Gasteiger partial charge < -0.3 is 10.2 Å².